The van der Waals surface area contributed by atoms with Crippen molar-refractivity contribution in [3.63, 3.8) is 0 Å². The number of ether oxygens (including phenoxy) is 1. The number of rotatable bonds is 2. The molecule has 7 nitrogen and oxygen atoms in total. The lowest BCUT2D eigenvalue weighted by molar-refractivity contribution is 0.0968. The van der Waals surface area contributed by atoms with Crippen LogP contribution < -0.4 is 0 Å². The van der Waals surface area contributed by atoms with Crippen molar-refractivity contribution in [2.45, 2.75) is 57.5 Å². The van der Waals surface area contributed by atoms with Crippen LogP contribution in [-0.2, 0) is 17.7 Å². The second kappa shape index (κ2) is 10.4. The van der Waals surface area contributed by atoms with Crippen molar-refractivity contribution in [2.75, 3.05) is 13.2 Å². The number of fused-ring (bicyclic) bond motifs is 3. The van der Waals surface area contributed by atoms with Crippen LogP contribution in [0.1, 0.15) is 50.4 Å². The Morgan fingerprint density at radius 3 is 2.50 bits per heavy atom. The summed E-state index contributed by atoms with van der Waals surface area (Å²) in [4.78, 5) is 12.8. The van der Waals surface area contributed by atoms with Gasteiger partial charge < -0.3 is 9.30 Å². The molecular weight excluding hydrogens is 438 g/mol. The molecule has 0 N–H and O–H groups in total. The largest absolute Gasteiger partial charge is 0.381 e. The van der Waals surface area contributed by atoms with Crippen molar-refractivity contribution >= 4 is 11.2 Å². The lowest BCUT2D eigenvalue weighted by atomic mass is 10.1. The number of halogens is 2. The zero-order chi connectivity index (χ0) is 23.3. The zero-order valence-electron chi connectivity index (χ0n) is 19.0. The second-order valence-corrected chi connectivity index (χ2v) is 8.69. The van der Waals surface area contributed by atoms with E-state index < -0.39 is 11.6 Å². The standard InChI is InChI=1S/C14H10F2N4.C6H8N2.C5H10O/c15-8-3-4-9(10(16)6-8)12-13-14(18-7-17-12)19-11-2-1-5-20(11)13;1-4-7-8(5-1)6-2-3-6;1-2-4-6-5-3-1/h3-4,6-7H,1-2,5H2;1,4-6H,2-3H2;1-5H2. The summed E-state index contributed by atoms with van der Waals surface area (Å²) < 4.78 is 36.2. The Morgan fingerprint density at radius 1 is 1.00 bits per heavy atom. The Kier molecular flexibility index (Phi) is 6.89. The van der Waals surface area contributed by atoms with Gasteiger partial charge in [0, 0.05) is 50.2 Å². The van der Waals surface area contributed by atoms with Gasteiger partial charge in [-0.2, -0.15) is 5.10 Å². The van der Waals surface area contributed by atoms with Gasteiger partial charge in [0.1, 0.15) is 35.0 Å². The highest BCUT2D eigenvalue weighted by molar-refractivity contribution is 5.88. The summed E-state index contributed by atoms with van der Waals surface area (Å²) in [6.45, 7) is 2.83. The number of benzene rings is 1. The Labute approximate surface area is 196 Å². The number of hydrogen-bond acceptors (Lipinski definition) is 5. The third-order valence-corrected chi connectivity index (χ3v) is 6.11. The van der Waals surface area contributed by atoms with Crippen molar-refractivity contribution in [3.05, 3.63) is 60.4 Å². The predicted molar refractivity (Wildman–Crippen MR) is 124 cm³/mol. The van der Waals surface area contributed by atoms with Gasteiger partial charge in [0.05, 0.1) is 6.04 Å². The fourth-order valence-electron chi connectivity index (χ4n) is 4.24. The summed E-state index contributed by atoms with van der Waals surface area (Å²) in [5.41, 5.74) is 2.03. The Bertz CT molecular complexity index is 1220. The summed E-state index contributed by atoms with van der Waals surface area (Å²) in [7, 11) is 0. The predicted octanol–water partition coefficient (Wildman–Crippen LogP) is 5.12. The number of aryl methyl sites for hydroxylation is 2. The molecule has 1 saturated carbocycles. The van der Waals surface area contributed by atoms with E-state index in [0.717, 1.165) is 56.0 Å². The van der Waals surface area contributed by atoms with Crippen molar-refractivity contribution in [3.8, 4) is 11.3 Å². The van der Waals surface area contributed by atoms with Crippen LogP contribution in [0.25, 0.3) is 22.4 Å². The molecule has 3 aliphatic rings. The summed E-state index contributed by atoms with van der Waals surface area (Å²) in [5.74, 6) is -0.280. The highest BCUT2D eigenvalue weighted by Gasteiger charge is 2.23. The lowest BCUT2D eigenvalue weighted by Crippen LogP contribution is -2.03. The van der Waals surface area contributed by atoms with E-state index >= 15 is 0 Å². The molecule has 4 aromatic rings. The van der Waals surface area contributed by atoms with Gasteiger partial charge in [-0.25, -0.2) is 23.7 Å². The van der Waals surface area contributed by atoms with Crippen LogP contribution in [0.4, 0.5) is 8.78 Å². The van der Waals surface area contributed by atoms with Gasteiger partial charge in [-0.3, -0.25) is 4.68 Å². The van der Waals surface area contributed by atoms with E-state index in [9.17, 15) is 8.78 Å². The average Bonchev–Trinajstić information content (AvgIpc) is 3.23. The van der Waals surface area contributed by atoms with Gasteiger partial charge in [0.15, 0.2) is 5.65 Å². The van der Waals surface area contributed by atoms with Crippen LogP contribution in [0.5, 0.6) is 0 Å². The molecular formula is C25H28F2N6O. The van der Waals surface area contributed by atoms with Crippen molar-refractivity contribution in [1.29, 1.82) is 0 Å². The van der Waals surface area contributed by atoms with Crippen LogP contribution in [0.2, 0.25) is 0 Å². The third kappa shape index (κ3) is 5.14. The molecule has 2 fully saturated rings. The molecule has 0 atom stereocenters. The van der Waals surface area contributed by atoms with Crippen LogP contribution >= 0.6 is 0 Å². The quantitative estimate of drug-likeness (QED) is 0.410. The van der Waals surface area contributed by atoms with E-state index in [4.69, 9.17) is 4.74 Å². The van der Waals surface area contributed by atoms with Crippen LogP contribution in [0.15, 0.2) is 43.0 Å². The maximum Gasteiger partial charge on any atom is 0.181 e. The minimum absolute atomic E-state index is 0.272. The van der Waals surface area contributed by atoms with Gasteiger partial charge in [0.25, 0.3) is 0 Å². The average molecular weight is 467 g/mol. The molecule has 9 heteroatoms. The molecule has 34 heavy (non-hydrogen) atoms. The van der Waals surface area contributed by atoms with Gasteiger partial charge in [0.2, 0.25) is 0 Å². The van der Waals surface area contributed by atoms with Gasteiger partial charge >= 0.3 is 0 Å². The fraction of sp³-hybridized carbons (Fsp3) is 0.440. The van der Waals surface area contributed by atoms with Gasteiger partial charge in [-0.1, -0.05) is 0 Å². The molecule has 0 bridgehead atoms. The maximum atomic E-state index is 14.0. The molecule has 0 spiro atoms. The monoisotopic (exact) mass is 466 g/mol. The SMILES string of the molecule is C1CCOCC1.Fc1ccc(-c2ncnc3nc4n(c23)CCC4)c(F)c1.c1cnn(C2CC2)c1. The highest BCUT2D eigenvalue weighted by atomic mass is 19.1. The molecule has 0 unspecified atom stereocenters. The zero-order valence-corrected chi connectivity index (χ0v) is 19.0. The van der Waals surface area contributed by atoms with Gasteiger partial charge in [-0.05, 0) is 56.7 Å². The smallest absolute Gasteiger partial charge is 0.181 e. The van der Waals surface area contributed by atoms with Crippen LogP contribution in [0.3, 0.4) is 0 Å². The molecule has 0 amide bonds. The molecule has 1 aromatic carbocycles. The summed E-state index contributed by atoms with van der Waals surface area (Å²) >= 11 is 0. The first kappa shape index (κ1) is 22.6. The summed E-state index contributed by atoms with van der Waals surface area (Å²) in [5, 5.41) is 4.09. The first-order valence-corrected chi connectivity index (χ1v) is 11.9. The topological polar surface area (TPSA) is 70.7 Å². The number of nitrogens with zero attached hydrogens (tertiary/aromatic N) is 6. The minimum atomic E-state index is -0.626. The van der Waals surface area contributed by atoms with E-state index in [1.807, 2.05) is 27.7 Å². The summed E-state index contributed by atoms with van der Waals surface area (Å²) in [6, 6.07) is 6.21. The van der Waals surface area contributed by atoms with Crippen molar-refractivity contribution in [2.24, 2.45) is 0 Å². The second-order valence-electron chi connectivity index (χ2n) is 8.69. The highest BCUT2D eigenvalue weighted by Crippen LogP contribution is 2.33. The molecule has 5 heterocycles. The van der Waals surface area contributed by atoms with E-state index in [2.05, 4.69) is 20.1 Å². The van der Waals surface area contributed by atoms with Crippen LogP contribution in [-0.4, -0.2) is 42.5 Å². The van der Waals surface area contributed by atoms with E-state index in [1.165, 1.54) is 50.6 Å². The lowest BCUT2D eigenvalue weighted by Gasteiger charge is -2.08. The fourth-order valence-corrected chi connectivity index (χ4v) is 4.24. The Hall–Kier alpha value is -3.20. The number of hydrogen-bond donors (Lipinski definition) is 0. The minimum Gasteiger partial charge on any atom is -0.381 e. The summed E-state index contributed by atoms with van der Waals surface area (Å²) in [6.07, 6.45) is 13.7. The number of aromatic nitrogens is 6. The molecule has 7 rings (SSSR count). The first-order chi connectivity index (χ1) is 16.7. The molecule has 1 aliphatic carbocycles. The molecule has 1 saturated heterocycles. The van der Waals surface area contributed by atoms with Crippen molar-refractivity contribution < 1.29 is 13.5 Å². The van der Waals surface area contributed by atoms with E-state index in [1.54, 1.807) is 0 Å². The Morgan fingerprint density at radius 2 is 1.85 bits per heavy atom. The van der Waals surface area contributed by atoms with E-state index in [-0.39, 0.29) is 5.56 Å². The first-order valence-electron chi connectivity index (χ1n) is 11.9. The molecule has 2 aliphatic heterocycles. The molecule has 178 valence electrons. The third-order valence-electron chi connectivity index (χ3n) is 6.11. The van der Waals surface area contributed by atoms with Crippen molar-refractivity contribution in [1.82, 2.24) is 29.3 Å². The normalized spacial score (nSPS) is 16.9. The molecule has 0 radical (unpaired) electrons. The molecule has 3 aromatic heterocycles. The Balaban J connectivity index is 0.000000140. The van der Waals surface area contributed by atoms with E-state index in [0.29, 0.717) is 11.3 Å². The van der Waals surface area contributed by atoms with Gasteiger partial charge in [-0.15, -0.1) is 0 Å². The maximum absolute atomic E-state index is 14.0. The van der Waals surface area contributed by atoms with Crippen LogP contribution in [0, 0.1) is 11.6 Å². The number of imidazole rings is 1.